The zero-order valence-corrected chi connectivity index (χ0v) is 15.8. The molecule has 1 atom stereocenters. The van der Waals surface area contributed by atoms with Gasteiger partial charge in [-0.15, -0.1) is 0 Å². The highest BCUT2D eigenvalue weighted by Crippen LogP contribution is 2.20. The first-order valence-corrected chi connectivity index (χ1v) is 9.56. The molecule has 28 heavy (non-hydrogen) atoms. The molecule has 0 spiro atoms. The molecular weight excluding hydrogens is 350 g/mol. The molecule has 1 aromatic heterocycles. The van der Waals surface area contributed by atoms with Crippen LogP contribution >= 0.6 is 0 Å². The molecule has 0 saturated carbocycles. The van der Waals surface area contributed by atoms with Crippen LogP contribution in [0.15, 0.2) is 73.1 Å². The van der Waals surface area contributed by atoms with Gasteiger partial charge in [0.2, 0.25) is 5.91 Å². The lowest BCUT2D eigenvalue weighted by molar-refractivity contribution is -0.128. The number of hydrogen-bond donors (Lipinski definition) is 1. The van der Waals surface area contributed by atoms with Gasteiger partial charge >= 0.3 is 0 Å². The molecule has 0 aliphatic carbocycles. The van der Waals surface area contributed by atoms with Crippen LogP contribution in [-0.2, 0) is 11.3 Å². The third kappa shape index (κ3) is 3.56. The number of carbonyl (C=O) groups is 2. The van der Waals surface area contributed by atoms with Gasteiger partial charge in [-0.3, -0.25) is 9.59 Å². The fraction of sp³-hybridized carbons (Fsp3) is 0.217. The molecule has 2 aromatic carbocycles. The number of amides is 2. The number of rotatable bonds is 4. The Hall–Kier alpha value is -3.34. The lowest BCUT2D eigenvalue weighted by atomic mass is 10.1. The second-order valence-electron chi connectivity index (χ2n) is 7.07. The summed E-state index contributed by atoms with van der Waals surface area (Å²) in [6.07, 6.45) is 5.76. The van der Waals surface area contributed by atoms with Crippen molar-refractivity contribution in [3.8, 4) is 0 Å². The zero-order chi connectivity index (χ0) is 19.5. The Morgan fingerprint density at radius 3 is 2.75 bits per heavy atom. The molecule has 0 bridgehead atoms. The Bertz CT molecular complexity index is 1020. The van der Waals surface area contributed by atoms with Gasteiger partial charge in [0.05, 0.1) is 6.04 Å². The second-order valence-corrected chi connectivity index (χ2v) is 7.07. The van der Waals surface area contributed by atoms with Gasteiger partial charge in [-0.2, -0.15) is 0 Å². The molecule has 142 valence electrons. The van der Waals surface area contributed by atoms with E-state index in [0.29, 0.717) is 18.7 Å². The maximum absolute atomic E-state index is 13.1. The molecule has 0 radical (unpaired) electrons. The van der Waals surface area contributed by atoms with Crippen LogP contribution in [0.2, 0.25) is 0 Å². The Balaban J connectivity index is 1.57. The molecule has 3 aromatic rings. The molecule has 5 nitrogen and oxygen atoms in total. The third-order valence-corrected chi connectivity index (χ3v) is 5.26. The highest BCUT2D eigenvalue weighted by atomic mass is 16.2. The highest BCUT2D eigenvalue weighted by Gasteiger charge is 2.28. The van der Waals surface area contributed by atoms with Crippen LogP contribution in [0.4, 0.5) is 0 Å². The van der Waals surface area contributed by atoms with Gasteiger partial charge in [0, 0.05) is 42.6 Å². The number of fused-ring (bicyclic) bond motifs is 1. The van der Waals surface area contributed by atoms with Crippen LogP contribution < -0.4 is 0 Å². The van der Waals surface area contributed by atoms with E-state index in [9.17, 15) is 9.59 Å². The molecule has 1 N–H and O–H groups in total. The quantitative estimate of drug-likeness (QED) is 0.753. The number of nitrogens with zero attached hydrogens (tertiary/aromatic N) is 2. The average molecular weight is 373 g/mol. The van der Waals surface area contributed by atoms with E-state index in [-0.39, 0.29) is 17.9 Å². The van der Waals surface area contributed by atoms with Crippen LogP contribution in [-0.4, -0.2) is 39.2 Å². The van der Waals surface area contributed by atoms with Crippen molar-refractivity contribution in [2.24, 2.45) is 0 Å². The van der Waals surface area contributed by atoms with Gasteiger partial charge in [0.1, 0.15) is 0 Å². The van der Waals surface area contributed by atoms with Crippen molar-refractivity contribution in [2.45, 2.75) is 25.9 Å². The van der Waals surface area contributed by atoms with Gasteiger partial charge in [-0.1, -0.05) is 43.3 Å². The molecule has 4 rings (SSSR count). The monoisotopic (exact) mass is 373 g/mol. The van der Waals surface area contributed by atoms with Gasteiger partial charge in [-0.05, 0) is 35.6 Å². The van der Waals surface area contributed by atoms with Crippen molar-refractivity contribution >= 4 is 22.7 Å². The molecule has 1 aliphatic heterocycles. The van der Waals surface area contributed by atoms with E-state index in [2.05, 4.69) is 11.9 Å². The van der Waals surface area contributed by atoms with E-state index in [4.69, 9.17) is 0 Å². The maximum Gasteiger partial charge on any atom is 0.257 e. The first-order valence-electron chi connectivity index (χ1n) is 9.56. The Morgan fingerprint density at radius 2 is 1.96 bits per heavy atom. The summed E-state index contributed by atoms with van der Waals surface area (Å²) in [6, 6.07) is 17.5. The minimum Gasteiger partial charge on any atom is -0.361 e. The topological polar surface area (TPSA) is 56.4 Å². The molecule has 1 aliphatic rings. The van der Waals surface area contributed by atoms with Crippen LogP contribution in [0.1, 0.15) is 29.3 Å². The van der Waals surface area contributed by atoms with Crippen molar-refractivity contribution < 1.29 is 9.59 Å². The van der Waals surface area contributed by atoms with Crippen LogP contribution in [0, 0.1) is 0 Å². The highest BCUT2D eigenvalue weighted by molar-refractivity contribution is 5.99. The molecule has 2 amide bonds. The minimum atomic E-state index is -0.0967. The summed E-state index contributed by atoms with van der Waals surface area (Å²) in [4.78, 5) is 32.5. The van der Waals surface area contributed by atoms with Crippen LogP contribution in [0.5, 0.6) is 0 Å². The average Bonchev–Trinajstić information content (AvgIpc) is 3.14. The Labute approximate surface area is 164 Å². The summed E-state index contributed by atoms with van der Waals surface area (Å²) in [5, 5.41) is 1.07. The summed E-state index contributed by atoms with van der Waals surface area (Å²) < 4.78 is 0. The third-order valence-electron chi connectivity index (χ3n) is 5.26. The zero-order valence-electron chi connectivity index (χ0n) is 15.8. The number of H-pyrrole nitrogens is 1. The molecule has 1 unspecified atom stereocenters. The number of hydrogen-bond acceptors (Lipinski definition) is 2. The first-order chi connectivity index (χ1) is 13.7. The minimum absolute atomic E-state index is 0.0409. The van der Waals surface area contributed by atoms with E-state index in [1.54, 1.807) is 11.1 Å². The standard InChI is InChI=1S/C23H23N3O2/c1-2-20-16-25(23(28)19-9-8-18-10-12-24-21(18)14-19)13-11-22(27)26(20)15-17-6-4-3-5-7-17/h3-14,20,24H,2,15-16H2,1H3. The fourth-order valence-electron chi connectivity index (χ4n) is 3.65. The molecule has 0 saturated heterocycles. The van der Waals surface area contributed by atoms with Crippen molar-refractivity contribution in [1.82, 2.24) is 14.8 Å². The van der Waals surface area contributed by atoms with Gasteiger partial charge in [0.15, 0.2) is 0 Å². The Morgan fingerprint density at radius 1 is 1.14 bits per heavy atom. The number of carbonyl (C=O) groups excluding carboxylic acids is 2. The normalized spacial score (nSPS) is 17.2. The SMILES string of the molecule is CCC1CN(C(=O)c2ccc3cc[nH]c3c2)C=CC(=O)N1Cc1ccccc1. The lowest BCUT2D eigenvalue weighted by Crippen LogP contribution is -2.43. The van der Waals surface area contributed by atoms with Crippen molar-refractivity contribution in [2.75, 3.05) is 6.54 Å². The maximum atomic E-state index is 13.1. The van der Waals surface area contributed by atoms with Gasteiger partial charge in [0.25, 0.3) is 5.91 Å². The van der Waals surface area contributed by atoms with Crippen molar-refractivity contribution in [1.29, 1.82) is 0 Å². The van der Waals surface area contributed by atoms with Gasteiger partial charge < -0.3 is 14.8 Å². The molecular formula is C23H23N3O2. The van der Waals surface area contributed by atoms with E-state index < -0.39 is 0 Å². The molecule has 5 heteroatoms. The molecule has 2 heterocycles. The van der Waals surface area contributed by atoms with Gasteiger partial charge in [-0.25, -0.2) is 0 Å². The predicted octanol–water partition coefficient (Wildman–Crippen LogP) is 3.94. The summed E-state index contributed by atoms with van der Waals surface area (Å²) in [7, 11) is 0. The largest absolute Gasteiger partial charge is 0.361 e. The molecule has 0 fully saturated rings. The second kappa shape index (κ2) is 7.72. The predicted molar refractivity (Wildman–Crippen MR) is 110 cm³/mol. The summed E-state index contributed by atoms with van der Waals surface area (Å²) in [5.74, 6) is -0.161. The smallest absolute Gasteiger partial charge is 0.257 e. The number of aromatic nitrogens is 1. The van der Waals surface area contributed by atoms with E-state index in [1.165, 1.54) is 6.08 Å². The summed E-state index contributed by atoms with van der Waals surface area (Å²) in [5.41, 5.74) is 2.62. The van der Waals surface area contributed by atoms with E-state index in [1.807, 2.05) is 65.7 Å². The van der Waals surface area contributed by atoms with Crippen LogP contribution in [0.25, 0.3) is 10.9 Å². The lowest BCUT2D eigenvalue weighted by Gasteiger charge is -2.31. The summed E-state index contributed by atoms with van der Waals surface area (Å²) in [6.45, 7) is 3.07. The summed E-state index contributed by atoms with van der Waals surface area (Å²) >= 11 is 0. The number of nitrogens with one attached hydrogen (secondary N) is 1. The first kappa shape index (κ1) is 18.0. The van der Waals surface area contributed by atoms with E-state index >= 15 is 0 Å². The van der Waals surface area contributed by atoms with Crippen molar-refractivity contribution in [3.63, 3.8) is 0 Å². The number of benzene rings is 2. The Kier molecular flexibility index (Phi) is 4.98. The fourth-order valence-corrected chi connectivity index (χ4v) is 3.65. The van der Waals surface area contributed by atoms with Crippen LogP contribution in [0.3, 0.4) is 0 Å². The van der Waals surface area contributed by atoms with Crippen molar-refractivity contribution in [3.05, 3.63) is 84.2 Å². The van der Waals surface area contributed by atoms with E-state index in [0.717, 1.165) is 22.9 Å². The number of aromatic amines is 1.